The molecule has 3 rings (SSSR count). The van der Waals surface area contributed by atoms with Crippen LogP contribution in [0.1, 0.15) is 11.1 Å². The molecule has 2 aromatic carbocycles. The maximum Gasteiger partial charge on any atom is 0.233 e. The topological polar surface area (TPSA) is 78.4 Å². The van der Waals surface area contributed by atoms with Crippen LogP contribution >= 0.6 is 0 Å². The highest BCUT2D eigenvalue weighted by Crippen LogP contribution is 2.23. The number of nitrogens with one attached hydrogen (secondary N) is 2. The highest BCUT2D eigenvalue weighted by Gasteiger charge is 2.12. The molecular formula is C23H31N7O. The summed E-state index contributed by atoms with van der Waals surface area (Å²) in [6.45, 7) is 5.81. The Bertz CT molecular complexity index is 1010. The third-order valence-electron chi connectivity index (χ3n) is 4.83. The fourth-order valence-electron chi connectivity index (χ4n) is 2.89. The summed E-state index contributed by atoms with van der Waals surface area (Å²) in [5, 5.41) is 6.63. The molecule has 0 saturated carbocycles. The molecule has 0 unspecified atom stereocenters. The molecular weight excluding hydrogens is 390 g/mol. The third kappa shape index (κ3) is 6.29. The molecule has 0 aliphatic carbocycles. The molecule has 0 aliphatic heterocycles. The lowest BCUT2D eigenvalue weighted by atomic mass is 10.1. The molecule has 0 fully saturated rings. The number of likely N-dealkylation sites (N-methyl/N-ethyl adjacent to an activating group) is 2. The van der Waals surface area contributed by atoms with Gasteiger partial charge in [-0.2, -0.15) is 15.0 Å². The summed E-state index contributed by atoms with van der Waals surface area (Å²) in [5.41, 5.74) is 4.13. The lowest BCUT2D eigenvalue weighted by Gasteiger charge is -2.21. The van der Waals surface area contributed by atoms with E-state index in [9.17, 15) is 0 Å². The number of methoxy groups -OCH3 is 1. The zero-order valence-electron chi connectivity index (χ0n) is 19.1. The Morgan fingerprint density at radius 2 is 1.52 bits per heavy atom. The van der Waals surface area contributed by atoms with Crippen LogP contribution in [0.5, 0.6) is 5.75 Å². The van der Waals surface area contributed by atoms with Crippen molar-refractivity contribution in [2.75, 3.05) is 56.9 Å². The SMILES string of the molecule is COc1ccc(Nc2nc(Nc3cc(C)ccc3C)nc(N(C)CCN(C)C)n2)cc1. The van der Waals surface area contributed by atoms with Crippen LogP contribution in [-0.2, 0) is 0 Å². The zero-order chi connectivity index (χ0) is 22.4. The summed E-state index contributed by atoms with van der Waals surface area (Å²) in [4.78, 5) is 18.0. The van der Waals surface area contributed by atoms with Gasteiger partial charge in [-0.1, -0.05) is 12.1 Å². The second-order valence-corrected chi connectivity index (χ2v) is 7.80. The first-order chi connectivity index (χ1) is 14.8. The molecule has 8 heteroatoms. The molecule has 1 aromatic heterocycles. The first kappa shape index (κ1) is 22.3. The van der Waals surface area contributed by atoms with Crippen LogP contribution < -0.4 is 20.3 Å². The summed E-state index contributed by atoms with van der Waals surface area (Å²) in [6.07, 6.45) is 0. The second-order valence-electron chi connectivity index (χ2n) is 7.80. The standard InChI is InChI=1S/C23H31N7O/c1-16-7-8-17(2)20(15-16)25-22-26-21(24-18-9-11-19(31-6)12-10-18)27-23(28-22)30(5)14-13-29(3)4/h7-12,15H,13-14H2,1-6H3,(H2,24,25,26,27,28). The number of nitrogens with zero attached hydrogens (tertiary/aromatic N) is 5. The largest absolute Gasteiger partial charge is 0.497 e. The average Bonchev–Trinajstić information content (AvgIpc) is 2.75. The van der Waals surface area contributed by atoms with Crippen molar-refractivity contribution in [2.45, 2.75) is 13.8 Å². The van der Waals surface area contributed by atoms with Crippen LogP contribution in [0.3, 0.4) is 0 Å². The summed E-state index contributed by atoms with van der Waals surface area (Å²) in [7, 11) is 7.73. The van der Waals surface area contributed by atoms with Gasteiger partial charge in [-0.25, -0.2) is 0 Å². The Morgan fingerprint density at radius 1 is 0.839 bits per heavy atom. The Balaban J connectivity index is 1.91. The smallest absolute Gasteiger partial charge is 0.233 e. The maximum atomic E-state index is 5.23. The Labute approximate surface area is 184 Å². The van der Waals surface area contributed by atoms with E-state index in [0.717, 1.165) is 35.8 Å². The molecule has 0 bridgehead atoms. The summed E-state index contributed by atoms with van der Waals surface area (Å²) < 4.78 is 5.23. The van der Waals surface area contributed by atoms with Crippen molar-refractivity contribution in [3.8, 4) is 5.75 Å². The van der Waals surface area contributed by atoms with Gasteiger partial charge in [0.25, 0.3) is 0 Å². The first-order valence-corrected chi connectivity index (χ1v) is 10.2. The van der Waals surface area contributed by atoms with Crippen LogP contribution in [0.25, 0.3) is 0 Å². The van der Waals surface area contributed by atoms with Crippen molar-refractivity contribution in [1.29, 1.82) is 0 Å². The van der Waals surface area contributed by atoms with Gasteiger partial charge in [0.2, 0.25) is 17.8 Å². The average molecular weight is 422 g/mol. The number of aromatic nitrogens is 3. The third-order valence-corrected chi connectivity index (χ3v) is 4.83. The van der Waals surface area contributed by atoms with Crippen LogP contribution in [0.4, 0.5) is 29.2 Å². The second kappa shape index (κ2) is 10.1. The number of ether oxygens (including phenoxy) is 1. The quantitative estimate of drug-likeness (QED) is 0.537. The normalized spacial score (nSPS) is 10.8. The molecule has 0 radical (unpaired) electrons. The minimum Gasteiger partial charge on any atom is -0.497 e. The van der Waals surface area contributed by atoms with Gasteiger partial charge >= 0.3 is 0 Å². The van der Waals surface area contributed by atoms with Crippen molar-refractivity contribution in [3.63, 3.8) is 0 Å². The van der Waals surface area contributed by atoms with Crippen LogP contribution in [0.2, 0.25) is 0 Å². The molecule has 164 valence electrons. The molecule has 2 N–H and O–H groups in total. The van der Waals surface area contributed by atoms with Gasteiger partial charge in [-0.05, 0) is 69.4 Å². The fourth-order valence-corrected chi connectivity index (χ4v) is 2.89. The first-order valence-electron chi connectivity index (χ1n) is 10.2. The van der Waals surface area contributed by atoms with Crippen LogP contribution in [0.15, 0.2) is 42.5 Å². The number of hydrogen-bond acceptors (Lipinski definition) is 8. The molecule has 3 aromatic rings. The number of benzene rings is 2. The van der Waals surface area contributed by atoms with E-state index in [1.807, 2.05) is 50.3 Å². The van der Waals surface area contributed by atoms with E-state index in [0.29, 0.717) is 17.8 Å². The van der Waals surface area contributed by atoms with Gasteiger partial charge in [0.1, 0.15) is 5.75 Å². The highest BCUT2D eigenvalue weighted by molar-refractivity contribution is 5.62. The molecule has 0 saturated heterocycles. The molecule has 0 amide bonds. The van der Waals surface area contributed by atoms with Crippen molar-refractivity contribution in [1.82, 2.24) is 19.9 Å². The van der Waals surface area contributed by atoms with Crippen molar-refractivity contribution >= 4 is 29.2 Å². The maximum absolute atomic E-state index is 5.23. The Morgan fingerprint density at radius 3 is 2.16 bits per heavy atom. The van der Waals surface area contributed by atoms with E-state index < -0.39 is 0 Å². The van der Waals surface area contributed by atoms with Gasteiger partial charge in [-0.15, -0.1) is 0 Å². The van der Waals surface area contributed by atoms with E-state index in [2.05, 4.69) is 62.5 Å². The minimum atomic E-state index is 0.472. The monoisotopic (exact) mass is 421 g/mol. The van der Waals surface area contributed by atoms with Crippen molar-refractivity contribution < 1.29 is 4.74 Å². The van der Waals surface area contributed by atoms with Gasteiger partial charge in [-0.3, -0.25) is 0 Å². The summed E-state index contributed by atoms with van der Waals surface area (Å²) in [6, 6.07) is 13.9. The molecule has 0 aliphatic rings. The van der Waals surface area contributed by atoms with Crippen LogP contribution in [0, 0.1) is 13.8 Å². The fraction of sp³-hybridized carbons (Fsp3) is 0.348. The number of anilines is 5. The minimum absolute atomic E-state index is 0.472. The number of hydrogen-bond donors (Lipinski definition) is 2. The zero-order valence-corrected chi connectivity index (χ0v) is 19.1. The van der Waals surface area contributed by atoms with Crippen LogP contribution in [-0.4, -0.2) is 61.2 Å². The van der Waals surface area contributed by atoms with E-state index in [-0.39, 0.29) is 0 Å². The summed E-state index contributed by atoms with van der Waals surface area (Å²) in [5.74, 6) is 2.36. The molecule has 31 heavy (non-hydrogen) atoms. The van der Waals surface area contributed by atoms with Crippen molar-refractivity contribution in [2.24, 2.45) is 0 Å². The van der Waals surface area contributed by atoms with E-state index in [1.165, 1.54) is 5.56 Å². The van der Waals surface area contributed by atoms with E-state index >= 15 is 0 Å². The molecule has 0 spiro atoms. The molecule has 0 atom stereocenters. The van der Waals surface area contributed by atoms with Gasteiger partial charge in [0.15, 0.2) is 0 Å². The predicted octanol–water partition coefficient (Wildman–Crippen LogP) is 3.98. The molecule has 1 heterocycles. The van der Waals surface area contributed by atoms with Gasteiger partial charge in [0.05, 0.1) is 7.11 Å². The number of aryl methyl sites for hydroxylation is 2. The van der Waals surface area contributed by atoms with Gasteiger partial charge in [0, 0.05) is 31.5 Å². The van der Waals surface area contributed by atoms with E-state index in [4.69, 9.17) is 4.74 Å². The summed E-state index contributed by atoms with van der Waals surface area (Å²) >= 11 is 0. The molecule has 8 nitrogen and oxygen atoms in total. The Kier molecular flexibility index (Phi) is 7.25. The van der Waals surface area contributed by atoms with Gasteiger partial charge < -0.3 is 25.2 Å². The predicted molar refractivity (Wildman–Crippen MR) is 127 cm³/mol. The lowest BCUT2D eigenvalue weighted by molar-refractivity contribution is 0.415. The Hall–Kier alpha value is -3.39. The number of rotatable bonds is 9. The highest BCUT2D eigenvalue weighted by atomic mass is 16.5. The van der Waals surface area contributed by atoms with Crippen molar-refractivity contribution in [3.05, 3.63) is 53.6 Å². The lowest BCUT2D eigenvalue weighted by Crippen LogP contribution is -2.30. The van der Waals surface area contributed by atoms with E-state index in [1.54, 1.807) is 7.11 Å².